The lowest BCUT2D eigenvalue weighted by Gasteiger charge is -2.14. The van der Waals surface area contributed by atoms with E-state index in [0.717, 1.165) is 12.0 Å². The Kier molecular flexibility index (Phi) is 2.52. The fourth-order valence-electron chi connectivity index (χ4n) is 1.40. The van der Waals surface area contributed by atoms with E-state index in [9.17, 15) is 4.79 Å². The topological polar surface area (TPSA) is 20.3 Å². The van der Waals surface area contributed by atoms with Crippen molar-refractivity contribution in [2.24, 2.45) is 0 Å². The largest absolute Gasteiger partial charge is 0.306 e. The molecule has 4 heteroatoms. The Morgan fingerprint density at radius 3 is 3.08 bits per heavy atom. The molecule has 2 nitrogen and oxygen atoms in total. The minimum atomic E-state index is -0.000818. The molecule has 68 valence electrons. The summed E-state index contributed by atoms with van der Waals surface area (Å²) in [5.41, 5.74) is 1.03. The van der Waals surface area contributed by atoms with Crippen molar-refractivity contribution in [1.82, 2.24) is 0 Å². The molecule has 1 atom stereocenters. The smallest absolute Gasteiger partial charge is 0.242 e. The van der Waals surface area contributed by atoms with E-state index in [1.54, 1.807) is 4.90 Å². The molecule has 0 radical (unpaired) electrons. The molecule has 1 aliphatic heterocycles. The second kappa shape index (κ2) is 3.65. The predicted molar refractivity (Wildman–Crippen MR) is 57.5 cm³/mol. The summed E-state index contributed by atoms with van der Waals surface area (Å²) in [6.45, 7) is 0. The zero-order chi connectivity index (χ0) is 9.26. The van der Waals surface area contributed by atoms with Crippen molar-refractivity contribution in [2.75, 3.05) is 17.1 Å². The van der Waals surface area contributed by atoms with E-state index in [4.69, 9.17) is 11.6 Å². The zero-order valence-electron chi connectivity index (χ0n) is 6.96. The molecule has 0 fully saturated rings. The molecule has 0 bridgehead atoms. The van der Waals surface area contributed by atoms with Gasteiger partial charge >= 0.3 is 0 Å². The maximum absolute atomic E-state index is 11.4. The van der Waals surface area contributed by atoms with Gasteiger partial charge in [-0.1, -0.05) is 26.8 Å². The molecular weight excluding hydrogens is 205 g/mol. The molecule has 1 unspecified atom stereocenters. The lowest BCUT2D eigenvalue weighted by molar-refractivity contribution is -0.116. The third-order valence-electron chi connectivity index (χ3n) is 2.04. The first kappa shape index (κ1) is 8.98. The molecule has 0 aliphatic carbocycles. The van der Waals surface area contributed by atoms with Gasteiger partial charge in [0.15, 0.2) is 0 Å². The molecule has 1 aromatic rings. The van der Waals surface area contributed by atoms with E-state index in [1.165, 1.54) is 5.30 Å². The normalized spacial score (nSPS) is 16.2. The van der Waals surface area contributed by atoms with Gasteiger partial charge in [0.1, 0.15) is 5.88 Å². The van der Waals surface area contributed by atoms with Crippen LogP contribution < -0.4 is 10.2 Å². The van der Waals surface area contributed by atoms with Gasteiger partial charge in [-0.2, -0.15) is 0 Å². The fourth-order valence-corrected chi connectivity index (χ4v) is 2.84. The number of hydrogen-bond acceptors (Lipinski definition) is 1. The molecule has 0 saturated carbocycles. The van der Waals surface area contributed by atoms with Gasteiger partial charge in [-0.25, -0.2) is 0 Å². The zero-order valence-corrected chi connectivity index (χ0v) is 8.71. The monoisotopic (exact) mass is 213 g/mol. The Morgan fingerprint density at radius 2 is 2.31 bits per heavy atom. The number of carbonyl (C=O) groups excluding carboxylic acids is 1. The number of hydrogen-bond donors (Lipinski definition) is 0. The number of alkyl halides is 1. The van der Waals surface area contributed by atoms with Crippen molar-refractivity contribution < 1.29 is 4.79 Å². The van der Waals surface area contributed by atoms with E-state index in [2.05, 4.69) is 6.07 Å². The molecule has 2 rings (SSSR count). The van der Waals surface area contributed by atoms with Crippen LogP contribution in [0.25, 0.3) is 0 Å². The number of benzene rings is 1. The Bertz CT molecular complexity index is 342. The van der Waals surface area contributed by atoms with Gasteiger partial charge in [0, 0.05) is 6.29 Å². The highest BCUT2D eigenvalue weighted by Gasteiger charge is 2.22. The molecule has 1 amide bonds. The summed E-state index contributed by atoms with van der Waals surface area (Å²) in [6, 6.07) is 7.98. The first-order valence-electron chi connectivity index (χ1n) is 4.02. The Labute approximate surface area is 83.7 Å². The number of rotatable bonds is 1. The minimum Gasteiger partial charge on any atom is -0.306 e. The molecule has 0 spiro atoms. The van der Waals surface area contributed by atoms with Crippen molar-refractivity contribution in [3.8, 4) is 0 Å². The van der Waals surface area contributed by atoms with Crippen molar-refractivity contribution in [3.63, 3.8) is 0 Å². The highest BCUT2D eigenvalue weighted by Crippen LogP contribution is 2.30. The third kappa shape index (κ3) is 1.56. The van der Waals surface area contributed by atoms with E-state index in [1.807, 2.05) is 18.2 Å². The summed E-state index contributed by atoms with van der Waals surface area (Å²) in [5.74, 6) is 0.0675. The van der Waals surface area contributed by atoms with Crippen LogP contribution in [0, 0.1) is 0 Å². The highest BCUT2D eigenvalue weighted by atomic mass is 35.5. The van der Waals surface area contributed by atoms with Gasteiger partial charge in [-0.05, 0) is 11.4 Å². The molecule has 0 aromatic heterocycles. The Hall–Kier alpha value is -0.590. The van der Waals surface area contributed by atoms with Gasteiger partial charge in [0.25, 0.3) is 0 Å². The average molecular weight is 214 g/mol. The third-order valence-corrected chi connectivity index (χ3v) is 3.54. The van der Waals surface area contributed by atoms with Crippen LogP contribution in [0.1, 0.15) is 0 Å². The molecular formula is C9H9ClNOP. The summed E-state index contributed by atoms with van der Waals surface area (Å²) in [4.78, 5) is 13.1. The first-order chi connectivity index (χ1) is 6.33. The Balaban J connectivity index is 2.33. The van der Waals surface area contributed by atoms with Gasteiger partial charge in [-0.3, -0.25) is 4.79 Å². The predicted octanol–water partition coefficient (Wildman–Crippen LogP) is 1.53. The SMILES string of the molecule is O=C(CCl)N1CPc2ccccc21. The molecule has 1 aliphatic rings. The van der Waals surface area contributed by atoms with Gasteiger partial charge < -0.3 is 4.90 Å². The molecule has 13 heavy (non-hydrogen) atoms. The van der Waals surface area contributed by atoms with E-state index in [0.29, 0.717) is 8.58 Å². The van der Waals surface area contributed by atoms with Gasteiger partial charge in [-0.15, -0.1) is 11.6 Å². The lowest BCUT2D eigenvalue weighted by atomic mass is 10.3. The van der Waals surface area contributed by atoms with Gasteiger partial charge in [0.2, 0.25) is 5.91 Å². The number of fused-ring (bicyclic) bond motifs is 1. The average Bonchev–Trinajstić information content (AvgIpc) is 2.60. The number of nitrogens with zero attached hydrogens (tertiary/aromatic N) is 1. The van der Waals surface area contributed by atoms with Crippen LogP contribution in [0.2, 0.25) is 0 Å². The summed E-state index contributed by atoms with van der Waals surface area (Å²) in [5, 5.41) is 1.26. The number of carbonyl (C=O) groups is 1. The highest BCUT2D eigenvalue weighted by molar-refractivity contribution is 7.48. The number of halogens is 1. The van der Waals surface area contributed by atoms with Crippen molar-refractivity contribution in [2.45, 2.75) is 0 Å². The van der Waals surface area contributed by atoms with E-state index in [-0.39, 0.29) is 11.8 Å². The first-order valence-corrected chi connectivity index (χ1v) is 5.76. The molecule has 0 saturated heterocycles. The van der Waals surface area contributed by atoms with E-state index < -0.39 is 0 Å². The molecule has 1 aromatic carbocycles. The van der Waals surface area contributed by atoms with Crippen molar-refractivity contribution >= 4 is 37.1 Å². The van der Waals surface area contributed by atoms with Crippen LogP contribution in [0.15, 0.2) is 24.3 Å². The Morgan fingerprint density at radius 1 is 1.54 bits per heavy atom. The molecule has 1 heterocycles. The van der Waals surface area contributed by atoms with Crippen molar-refractivity contribution in [1.29, 1.82) is 0 Å². The lowest BCUT2D eigenvalue weighted by Crippen LogP contribution is -2.29. The van der Waals surface area contributed by atoms with E-state index >= 15 is 0 Å². The number of anilines is 1. The van der Waals surface area contributed by atoms with Crippen LogP contribution in [-0.2, 0) is 4.79 Å². The standard InChI is InChI=1S/C9H9ClNOP/c10-5-9(12)11-6-13-8-4-2-1-3-7(8)11/h1-4,13H,5-6H2. The summed E-state index contributed by atoms with van der Waals surface area (Å²) < 4.78 is 0. The second-order valence-electron chi connectivity index (χ2n) is 2.81. The van der Waals surface area contributed by atoms with Crippen LogP contribution in [0.4, 0.5) is 5.69 Å². The summed E-state index contributed by atoms with van der Waals surface area (Å²) in [6.07, 6.45) is 0.797. The quantitative estimate of drug-likeness (QED) is 0.512. The fraction of sp³-hybridized carbons (Fsp3) is 0.222. The van der Waals surface area contributed by atoms with Gasteiger partial charge in [0.05, 0.1) is 5.69 Å². The number of amides is 1. The summed E-state index contributed by atoms with van der Waals surface area (Å²) in [7, 11) is 0.702. The maximum atomic E-state index is 11.4. The van der Waals surface area contributed by atoms with Crippen LogP contribution >= 0.6 is 20.2 Å². The maximum Gasteiger partial charge on any atom is 0.242 e. The summed E-state index contributed by atoms with van der Waals surface area (Å²) >= 11 is 5.51. The van der Waals surface area contributed by atoms with Crippen LogP contribution in [0.3, 0.4) is 0 Å². The van der Waals surface area contributed by atoms with Crippen LogP contribution in [-0.4, -0.2) is 18.1 Å². The van der Waals surface area contributed by atoms with Crippen LogP contribution in [0.5, 0.6) is 0 Å². The molecule has 0 N–H and O–H groups in total. The number of para-hydroxylation sites is 1. The van der Waals surface area contributed by atoms with Crippen molar-refractivity contribution in [3.05, 3.63) is 24.3 Å². The second-order valence-corrected chi connectivity index (χ2v) is 4.28. The minimum absolute atomic E-state index is 0.000818.